The van der Waals surface area contributed by atoms with Gasteiger partial charge in [0.1, 0.15) is 6.10 Å². The quantitative estimate of drug-likeness (QED) is 0.349. The van der Waals surface area contributed by atoms with Gasteiger partial charge < -0.3 is 14.6 Å². The molecule has 1 unspecified atom stereocenters. The molecular formula is C19H33NO5. The Bertz CT molecular complexity index is 441. The molecule has 6 nitrogen and oxygen atoms in total. The Kier molecular flexibility index (Phi) is 10.4. The van der Waals surface area contributed by atoms with Crippen LogP contribution < -0.4 is 0 Å². The largest absolute Gasteiger partial charge is 0.478 e. The molecule has 25 heavy (non-hydrogen) atoms. The van der Waals surface area contributed by atoms with E-state index in [2.05, 4.69) is 4.90 Å². The number of carboxylic acids is 1. The molecule has 1 aliphatic rings. The number of morpholine rings is 1. The van der Waals surface area contributed by atoms with Crippen molar-refractivity contribution in [2.24, 2.45) is 5.92 Å². The summed E-state index contributed by atoms with van der Waals surface area (Å²) < 4.78 is 10.7. The SMILES string of the molecule is CC(C)C(C)OC(=O)/C(=C/C(=O)O)CCCCCCN1CCOCC1. The summed E-state index contributed by atoms with van der Waals surface area (Å²) in [5.41, 5.74) is 0.258. The van der Waals surface area contributed by atoms with Crippen LogP contribution in [0.2, 0.25) is 0 Å². The maximum atomic E-state index is 12.1. The molecule has 0 saturated carbocycles. The zero-order chi connectivity index (χ0) is 18.7. The first-order chi connectivity index (χ1) is 11.9. The van der Waals surface area contributed by atoms with Crippen molar-refractivity contribution in [3.05, 3.63) is 11.6 Å². The van der Waals surface area contributed by atoms with Crippen LogP contribution in [0.15, 0.2) is 11.6 Å². The summed E-state index contributed by atoms with van der Waals surface area (Å²) in [7, 11) is 0. The zero-order valence-corrected chi connectivity index (χ0v) is 15.8. The van der Waals surface area contributed by atoms with Gasteiger partial charge in [-0.15, -0.1) is 0 Å². The number of carbonyl (C=O) groups is 2. The molecule has 0 aromatic heterocycles. The fourth-order valence-corrected chi connectivity index (χ4v) is 2.59. The van der Waals surface area contributed by atoms with E-state index in [1.165, 1.54) is 0 Å². The second-order valence-electron chi connectivity index (χ2n) is 6.98. The van der Waals surface area contributed by atoms with Crippen LogP contribution in [0.1, 0.15) is 52.9 Å². The Morgan fingerprint density at radius 3 is 2.36 bits per heavy atom. The molecule has 0 aromatic rings. The van der Waals surface area contributed by atoms with Gasteiger partial charge in [0.05, 0.1) is 13.2 Å². The lowest BCUT2D eigenvalue weighted by molar-refractivity contribution is -0.146. The number of carbonyl (C=O) groups excluding carboxylic acids is 1. The minimum Gasteiger partial charge on any atom is -0.478 e. The van der Waals surface area contributed by atoms with Crippen molar-refractivity contribution in [2.45, 2.75) is 59.0 Å². The number of carboxylic acid groups (broad SMARTS) is 1. The average molecular weight is 355 g/mol. The molecule has 1 aliphatic heterocycles. The van der Waals surface area contributed by atoms with Crippen LogP contribution in [-0.4, -0.2) is 60.9 Å². The number of rotatable bonds is 11. The number of esters is 1. The van der Waals surface area contributed by atoms with Crippen LogP contribution in [0.3, 0.4) is 0 Å². The van der Waals surface area contributed by atoms with E-state index in [4.69, 9.17) is 14.6 Å². The monoisotopic (exact) mass is 355 g/mol. The standard InChI is InChI=1S/C19H33NO5/c1-15(2)16(3)25-19(23)17(14-18(21)22)8-6-4-5-7-9-20-10-12-24-13-11-20/h14-16H,4-13H2,1-3H3,(H,21,22)/b17-14+. The van der Waals surface area contributed by atoms with Crippen molar-refractivity contribution in [3.8, 4) is 0 Å². The van der Waals surface area contributed by atoms with Crippen molar-refractivity contribution in [3.63, 3.8) is 0 Å². The second kappa shape index (κ2) is 12.0. The van der Waals surface area contributed by atoms with Gasteiger partial charge in [0.2, 0.25) is 0 Å². The third-order valence-electron chi connectivity index (χ3n) is 4.57. The summed E-state index contributed by atoms with van der Waals surface area (Å²) in [5, 5.41) is 8.96. The van der Waals surface area contributed by atoms with Crippen LogP contribution in [0, 0.1) is 5.92 Å². The van der Waals surface area contributed by atoms with Gasteiger partial charge in [-0.05, 0) is 38.6 Å². The van der Waals surface area contributed by atoms with Crippen LogP contribution in [0.25, 0.3) is 0 Å². The first-order valence-electron chi connectivity index (χ1n) is 9.34. The highest BCUT2D eigenvalue weighted by molar-refractivity contribution is 5.95. The molecule has 1 heterocycles. The Morgan fingerprint density at radius 2 is 1.76 bits per heavy atom. The molecule has 1 atom stereocenters. The van der Waals surface area contributed by atoms with Gasteiger partial charge >= 0.3 is 11.9 Å². The molecule has 1 rings (SSSR count). The van der Waals surface area contributed by atoms with E-state index in [1.54, 1.807) is 0 Å². The highest BCUT2D eigenvalue weighted by atomic mass is 16.5. The molecular weight excluding hydrogens is 322 g/mol. The number of aliphatic carboxylic acids is 1. The van der Waals surface area contributed by atoms with E-state index in [9.17, 15) is 9.59 Å². The van der Waals surface area contributed by atoms with Crippen molar-refractivity contribution in [1.29, 1.82) is 0 Å². The molecule has 0 aromatic carbocycles. The molecule has 1 saturated heterocycles. The normalized spacial score (nSPS) is 17.5. The predicted octanol–water partition coefficient (Wildman–Crippen LogP) is 2.87. The van der Waals surface area contributed by atoms with Crippen molar-refractivity contribution < 1.29 is 24.2 Å². The topological polar surface area (TPSA) is 76.1 Å². The summed E-state index contributed by atoms with van der Waals surface area (Å²) in [6.07, 6.45) is 5.19. The Balaban J connectivity index is 2.28. The van der Waals surface area contributed by atoms with Gasteiger partial charge in [0.25, 0.3) is 0 Å². The first-order valence-corrected chi connectivity index (χ1v) is 9.34. The number of hydrogen-bond donors (Lipinski definition) is 1. The van der Waals surface area contributed by atoms with Crippen molar-refractivity contribution >= 4 is 11.9 Å². The Morgan fingerprint density at radius 1 is 1.12 bits per heavy atom. The second-order valence-corrected chi connectivity index (χ2v) is 6.98. The number of ether oxygens (including phenoxy) is 2. The van der Waals surface area contributed by atoms with Gasteiger partial charge in [0.15, 0.2) is 0 Å². The highest BCUT2D eigenvalue weighted by Crippen LogP contribution is 2.15. The molecule has 0 bridgehead atoms. The van der Waals surface area contributed by atoms with Crippen molar-refractivity contribution in [1.82, 2.24) is 4.90 Å². The van der Waals surface area contributed by atoms with Crippen LogP contribution in [0.5, 0.6) is 0 Å². The van der Waals surface area contributed by atoms with E-state index in [1.807, 2.05) is 20.8 Å². The molecule has 0 radical (unpaired) electrons. The molecule has 6 heteroatoms. The first kappa shape index (κ1) is 21.6. The van der Waals surface area contributed by atoms with E-state index < -0.39 is 11.9 Å². The van der Waals surface area contributed by atoms with Gasteiger partial charge in [-0.2, -0.15) is 0 Å². The summed E-state index contributed by atoms with van der Waals surface area (Å²) in [5.74, 6) is -1.40. The number of hydrogen-bond acceptors (Lipinski definition) is 5. The third kappa shape index (κ3) is 9.60. The van der Waals surface area contributed by atoms with Crippen LogP contribution in [0.4, 0.5) is 0 Å². The predicted molar refractivity (Wildman–Crippen MR) is 96.5 cm³/mol. The molecule has 0 amide bonds. The maximum absolute atomic E-state index is 12.1. The minimum absolute atomic E-state index is 0.204. The van der Waals surface area contributed by atoms with Gasteiger partial charge in [-0.1, -0.05) is 26.7 Å². The van der Waals surface area contributed by atoms with Crippen LogP contribution in [-0.2, 0) is 19.1 Å². The van der Waals surface area contributed by atoms with Gasteiger partial charge in [0, 0.05) is 24.7 Å². The number of nitrogens with zero attached hydrogens (tertiary/aromatic N) is 1. The van der Waals surface area contributed by atoms with Gasteiger partial charge in [-0.3, -0.25) is 4.90 Å². The summed E-state index contributed by atoms with van der Waals surface area (Å²) in [6, 6.07) is 0. The van der Waals surface area contributed by atoms with E-state index in [0.29, 0.717) is 6.42 Å². The Hall–Kier alpha value is -1.40. The van der Waals surface area contributed by atoms with Gasteiger partial charge in [-0.25, -0.2) is 9.59 Å². The summed E-state index contributed by atoms with van der Waals surface area (Å²) in [4.78, 5) is 25.5. The molecule has 1 N–H and O–H groups in total. The van der Waals surface area contributed by atoms with Crippen LogP contribution >= 0.6 is 0 Å². The maximum Gasteiger partial charge on any atom is 0.334 e. The lowest BCUT2D eigenvalue weighted by atomic mass is 10.1. The van der Waals surface area contributed by atoms with E-state index in [0.717, 1.165) is 64.6 Å². The Labute approximate surface area is 151 Å². The summed E-state index contributed by atoms with van der Waals surface area (Å²) in [6.45, 7) is 10.5. The summed E-state index contributed by atoms with van der Waals surface area (Å²) >= 11 is 0. The average Bonchev–Trinajstić information content (AvgIpc) is 2.57. The highest BCUT2D eigenvalue weighted by Gasteiger charge is 2.18. The smallest absolute Gasteiger partial charge is 0.334 e. The lowest BCUT2D eigenvalue weighted by Gasteiger charge is -2.26. The molecule has 144 valence electrons. The van der Waals surface area contributed by atoms with E-state index in [-0.39, 0.29) is 17.6 Å². The van der Waals surface area contributed by atoms with Crippen molar-refractivity contribution in [2.75, 3.05) is 32.8 Å². The zero-order valence-electron chi connectivity index (χ0n) is 15.8. The fraction of sp³-hybridized carbons (Fsp3) is 0.789. The number of unbranched alkanes of at least 4 members (excludes halogenated alkanes) is 3. The third-order valence-corrected chi connectivity index (χ3v) is 4.57. The molecule has 1 fully saturated rings. The van der Waals surface area contributed by atoms with E-state index >= 15 is 0 Å². The fourth-order valence-electron chi connectivity index (χ4n) is 2.59. The lowest BCUT2D eigenvalue weighted by Crippen LogP contribution is -2.36. The molecule has 0 aliphatic carbocycles. The minimum atomic E-state index is -1.10. The molecule has 0 spiro atoms.